The van der Waals surface area contributed by atoms with Crippen LogP contribution in [0.2, 0.25) is 0 Å². The molecule has 0 aromatic carbocycles. The molecule has 0 amide bonds. The topological polar surface area (TPSA) is 69.2 Å². The van der Waals surface area contributed by atoms with E-state index in [-0.39, 0.29) is 11.3 Å². The highest BCUT2D eigenvalue weighted by Crippen LogP contribution is 1.96. The molecule has 4 nitrogen and oxygen atoms in total. The number of rotatable bonds is 3. The van der Waals surface area contributed by atoms with Crippen LogP contribution >= 0.6 is 0 Å². The Kier molecular flexibility index (Phi) is 3.73. The zero-order chi connectivity index (χ0) is 8.85. The maximum absolute atomic E-state index is 10.1. The average molecular weight is 150 g/mol. The summed E-state index contributed by atoms with van der Waals surface area (Å²) in [7, 11) is 5.03. The van der Waals surface area contributed by atoms with Crippen molar-refractivity contribution in [1.82, 2.24) is 0 Å². The van der Waals surface area contributed by atoms with Gasteiger partial charge in [-0.1, -0.05) is 6.58 Å². The first kappa shape index (κ1) is 9.48. The standard InChI is InChI=1S/C6H7BN2O2/c1-2-5(9(10)11)3-4-6(7)8/h2-4H,1,8H2/b5-3+,6-4-. The molecule has 0 saturated carbocycles. The minimum absolute atomic E-state index is 0.0196. The van der Waals surface area contributed by atoms with Crippen molar-refractivity contribution in [1.29, 1.82) is 0 Å². The Hall–Kier alpha value is -1.52. The molecule has 11 heavy (non-hydrogen) atoms. The summed E-state index contributed by atoms with van der Waals surface area (Å²) in [6.07, 6.45) is 3.53. The highest BCUT2D eigenvalue weighted by Gasteiger charge is 2.00. The second-order valence-corrected chi connectivity index (χ2v) is 1.72. The van der Waals surface area contributed by atoms with E-state index < -0.39 is 4.92 Å². The van der Waals surface area contributed by atoms with Gasteiger partial charge in [0.1, 0.15) is 7.85 Å². The van der Waals surface area contributed by atoms with Gasteiger partial charge in [-0.2, -0.15) is 0 Å². The fraction of sp³-hybridized carbons (Fsp3) is 0. The lowest BCUT2D eigenvalue weighted by Gasteiger charge is -1.87. The van der Waals surface area contributed by atoms with Gasteiger partial charge in [0.25, 0.3) is 5.70 Å². The quantitative estimate of drug-likeness (QED) is 0.272. The van der Waals surface area contributed by atoms with E-state index in [4.69, 9.17) is 13.6 Å². The third-order valence-corrected chi connectivity index (χ3v) is 0.867. The van der Waals surface area contributed by atoms with Gasteiger partial charge in [-0.3, -0.25) is 10.1 Å². The van der Waals surface area contributed by atoms with Crippen molar-refractivity contribution < 1.29 is 4.92 Å². The molecule has 0 rings (SSSR count). The van der Waals surface area contributed by atoms with Crippen LogP contribution in [0.25, 0.3) is 0 Å². The van der Waals surface area contributed by atoms with Crippen LogP contribution in [0.5, 0.6) is 0 Å². The van der Waals surface area contributed by atoms with Crippen LogP contribution < -0.4 is 5.73 Å². The van der Waals surface area contributed by atoms with Crippen LogP contribution in [0.4, 0.5) is 0 Å². The predicted molar refractivity (Wildman–Crippen MR) is 43.3 cm³/mol. The molecule has 0 heterocycles. The molecular weight excluding hydrogens is 143 g/mol. The number of nitro groups is 1. The molecule has 56 valence electrons. The molecule has 0 unspecified atom stereocenters. The summed E-state index contributed by atoms with van der Waals surface area (Å²) in [5.41, 5.74) is 4.91. The molecule has 0 aromatic rings. The van der Waals surface area contributed by atoms with E-state index in [0.29, 0.717) is 0 Å². The summed E-state index contributed by atoms with van der Waals surface area (Å²) in [4.78, 5) is 9.52. The van der Waals surface area contributed by atoms with Crippen molar-refractivity contribution in [3.8, 4) is 0 Å². The van der Waals surface area contributed by atoms with Gasteiger partial charge >= 0.3 is 0 Å². The van der Waals surface area contributed by atoms with E-state index in [1.54, 1.807) is 0 Å². The molecule has 0 aliphatic heterocycles. The van der Waals surface area contributed by atoms with Crippen LogP contribution in [0.3, 0.4) is 0 Å². The maximum atomic E-state index is 10.1. The molecule has 5 heteroatoms. The normalized spacial score (nSPS) is 12.7. The molecule has 2 N–H and O–H groups in total. The van der Waals surface area contributed by atoms with E-state index in [9.17, 15) is 10.1 Å². The van der Waals surface area contributed by atoms with E-state index in [2.05, 4.69) is 6.58 Å². The predicted octanol–water partition coefficient (Wildman–Crippen LogP) is 0.302. The van der Waals surface area contributed by atoms with Crippen molar-refractivity contribution in [3.63, 3.8) is 0 Å². The molecule has 0 aliphatic rings. The van der Waals surface area contributed by atoms with Crippen LogP contribution in [0.1, 0.15) is 0 Å². The number of nitrogens with two attached hydrogens (primary N) is 1. The zero-order valence-electron chi connectivity index (χ0n) is 5.86. The molecule has 0 saturated heterocycles. The Bertz CT molecular complexity index is 229. The summed E-state index contributed by atoms with van der Waals surface area (Å²) < 4.78 is 0. The van der Waals surface area contributed by atoms with Gasteiger partial charge in [-0.15, -0.1) is 0 Å². The van der Waals surface area contributed by atoms with Crippen LogP contribution in [-0.2, 0) is 0 Å². The molecule has 0 aromatic heterocycles. The first-order valence-corrected chi connectivity index (χ1v) is 2.77. The third-order valence-electron chi connectivity index (χ3n) is 0.867. The Labute approximate surface area is 65.6 Å². The molecular formula is C6H7BN2O2. The molecule has 2 radical (unpaired) electrons. The highest BCUT2D eigenvalue weighted by atomic mass is 16.6. The van der Waals surface area contributed by atoms with Gasteiger partial charge in [0.05, 0.1) is 4.92 Å². The molecule has 0 bridgehead atoms. The Morgan fingerprint density at radius 3 is 2.45 bits per heavy atom. The van der Waals surface area contributed by atoms with Crippen molar-refractivity contribution in [2.24, 2.45) is 5.73 Å². The minimum Gasteiger partial charge on any atom is -0.411 e. The number of allylic oxidation sites excluding steroid dienone is 3. The van der Waals surface area contributed by atoms with Gasteiger partial charge in [0, 0.05) is 12.2 Å². The van der Waals surface area contributed by atoms with Crippen molar-refractivity contribution in [2.45, 2.75) is 0 Å². The van der Waals surface area contributed by atoms with Gasteiger partial charge in [0.15, 0.2) is 0 Å². The smallest absolute Gasteiger partial charge is 0.268 e. The third kappa shape index (κ3) is 3.97. The first-order chi connectivity index (χ1) is 5.07. The van der Waals surface area contributed by atoms with E-state index in [1.807, 2.05) is 0 Å². The SMILES string of the molecule is [B]/C(N)=C/C=C(\C=C)[N+](=O)[O-]. The van der Waals surface area contributed by atoms with Crippen LogP contribution in [-0.4, -0.2) is 12.8 Å². The van der Waals surface area contributed by atoms with Gasteiger partial charge < -0.3 is 5.73 Å². The lowest BCUT2D eigenvalue weighted by molar-refractivity contribution is -0.418. The summed E-state index contributed by atoms with van der Waals surface area (Å²) in [5.74, 6) is 0. The fourth-order valence-electron chi connectivity index (χ4n) is 0.385. The maximum Gasteiger partial charge on any atom is 0.268 e. The van der Waals surface area contributed by atoms with Crippen LogP contribution in [0, 0.1) is 10.1 Å². The number of hydrogen-bond donors (Lipinski definition) is 1. The van der Waals surface area contributed by atoms with E-state index in [0.717, 1.165) is 6.08 Å². The minimum atomic E-state index is -0.577. The second-order valence-electron chi connectivity index (χ2n) is 1.72. The number of hydrogen-bond acceptors (Lipinski definition) is 3. The van der Waals surface area contributed by atoms with Gasteiger partial charge in [-0.05, 0) is 11.7 Å². The number of nitrogens with zero attached hydrogens (tertiary/aromatic N) is 1. The lowest BCUT2D eigenvalue weighted by atomic mass is 10.1. The van der Waals surface area contributed by atoms with E-state index >= 15 is 0 Å². The van der Waals surface area contributed by atoms with Crippen molar-refractivity contribution in [2.75, 3.05) is 0 Å². The summed E-state index contributed by atoms with van der Waals surface area (Å²) in [5, 5.41) is 10.1. The van der Waals surface area contributed by atoms with Crippen molar-refractivity contribution >= 4 is 7.85 Å². The Morgan fingerprint density at radius 1 is 1.64 bits per heavy atom. The fourth-order valence-corrected chi connectivity index (χ4v) is 0.385. The molecule has 0 fully saturated rings. The van der Waals surface area contributed by atoms with Crippen LogP contribution in [0.15, 0.2) is 36.1 Å². The second kappa shape index (κ2) is 4.32. The molecule has 0 atom stereocenters. The summed E-state index contributed by atoms with van der Waals surface area (Å²) >= 11 is 0. The molecule has 0 aliphatic carbocycles. The molecule has 0 spiro atoms. The highest BCUT2D eigenvalue weighted by molar-refractivity contribution is 6.21. The largest absolute Gasteiger partial charge is 0.411 e. The first-order valence-electron chi connectivity index (χ1n) is 2.77. The zero-order valence-corrected chi connectivity index (χ0v) is 5.86. The Balaban J connectivity index is 4.50. The Morgan fingerprint density at radius 2 is 2.18 bits per heavy atom. The van der Waals surface area contributed by atoms with Crippen molar-refractivity contribution in [3.05, 3.63) is 46.2 Å². The monoisotopic (exact) mass is 150 g/mol. The average Bonchev–Trinajstić information content (AvgIpc) is 1.87. The summed E-state index contributed by atoms with van der Waals surface area (Å²) in [6.45, 7) is 3.24. The summed E-state index contributed by atoms with van der Waals surface area (Å²) in [6, 6.07) is 0. The van der Waals surface area contributed by atoms with Gasteiger partial charge in [0.2, 0.25) is 0 Å². The van der Waals surface area contributed by atoms with Gasteiger partial charge in [-0.25, -0.2) is 0 Å². The van der Waals surface area contributed by atoms with E-state index in [1.165, 1.54) is 12.2 Å². The lowest BCUT2D eigenvalue weighted by Crippen LogP contribution is -1.97.